The van der Waals surface area contributed by atoms with Crippen molar-refractivity contribution in [3.05, 3.63) is 0 Å². The van der Waals surface area contributed by atoms with Crippen molar-refractivity contribution in [1.82, 2.24) is 4.90 Å². The van der Waals surface area contributed by atoms with Crippen LogP contribution in [0.3, 0.4) is 0 Å². The van der Waals surface area contributed by atoms with Crippen LogP contribution >= 0.6 is 0 Å². The van der Waals surface area contributed by atoms with Crippen molar-refractivity contribution in [2.75, 3.05) is 20.1 Å². The molecule has 2 N–H and O–H groups in total. The van der Waals surface area contributed by atoms with Gasteiger partial charge in [-0.2, -0.15) is 5.26 Å². The Morgan fingerprint density at radius 2 is 2.31 bits per heavy atom. The maximum absolute atomic E-state index is 8.49. The van der Waals surface area contributed by atoms with E-state index in [2.05, 4.69) is 18.0 Å². The fourth-order valence-corrected chi connectivity index (χ4v) is 1.63. The molecule has 0 aromatic carbocycles. The second-order valence-electron chi connectivity index (χ2n) is 4.08. The zero-order valence-corrected chi connectivity index (χ0v) is 8.37. The van der Waals surface area contributed by atoms with Crippen LogP contribution in [0.5, 0.6) is 0 Å². The van der Waals surface area contributed by atoms with E-state index in [4.69, 9.17) is 11.0 Å². The molecule has 0 saturated heterocycles. The molecule has 0 aromatic rings. The highest BCUT2D eigenvalue weighted by molar-refractivity contribution is 4.86. The zero-order valence-electron chi connectivity index (χ0n) is 8.37. The molecule has 0 amide bonds. The Morgan fingerprint density at radius 1 is 1.62 bits per heavy atom. The predicted molar refractivity (Wildman–Crippen MR) is 53.0 cm³/mol. The molecule has 1 aliphatic carbocycles. The third kappa shape index (κ3) is 3.75. The Labute approximate surface area is 80.5 Å². The summed E-state index contributed by atoms with van der Waals surface area (Å²) < 4.78 is 0. The van der Waals surface area contributed by atoms with Gasteiger partial charge >= 0.3 is 0 Å². The van der Waals surface area contributed by atoms with Gasteiger partial charge in [0.15, 0.2) is 0 Å². The largest absolute Gasteiger partial charge is 0.316 e. The maximum atomic E-state index is 8.49. The lowest BCUT2D eigenvalue weighted by Crippen LogP contribution is -2.32. The molecule has 1 fully saturated rings. The van der Waals surface area contributed by atoms with Crippen molar-refractivity contribution in [2.24, 2.45) is 11.7 Å². The van der Waals surface area contributed by atoms with E-state index >= 15 is 0 Å². The molecule has 1 atom stereocenters. The second kappa shape index (κ2) is 5.21. The Hall–Kier alpha value is -0.590. The monoisotopic (exact) mass is 181 g/mol. The van der Waals surface area contributed by atoms with Gasteiger partial charge in [0.2, 0.25) is 0 Å². The van der Waals surface area contributed by atoms with Crippen LogP contribution in [0, 0.1) is 17.2 Å². The van der Waals surface area contributed by atoms with Crippen LogP contribution in [0.2, 0.25) is 0 Å². The van der Waals surface area contributed by atoms with Crippen LogP contribution in [0.4, 0.5) is 0 Å². The smallest absolute Gasteiger partial charge is 0.0940 e. The molecule has 13 heavy (non-hydrogen) atoms. The van der Waals surface area contributed by atoms with Crippen molar-refractivity contribution in [2.45, 2.75) is 31.7 Å². The third-order valence-corrected chi connectivity index (χ3v) is 2.78. The summed E-state index contributed by atoms with van der Waals surface area (Å²) in [5, 5.41) is 8.49. The average Bonchev–Trinajstić information content (AvgIpc) is 2.07. The van der Waals surface area contributed by atoms with Crippen LogP contribution in [0.15, 0.2) is 0 Å². The van der Waals surface area contributed by atoms with Gasteiger partial charge in [-0.1, -0.05) is 6.42 Å². The Bertz CT molecular complexity index is 181. The van der Waals surface area contributed by atoms with Crippen LogP contribution in [-0.2, 0) is 0 Å². The number of nitriles is 1. The molecule has 0 radical (unpaired) electrons. The van der Waals surface area contributed by atoms with Crippen molar-refractivity contribution < 1.29 is 0 Å². The first-order valence-electron chi connectivity index (χ1n) is 5.06. The summed E-state index contributed by atoms with van der Waals surface area (Å²) in [7, 11) is 2.11. The van der Waals surface area contributed by atoms with Gasteiger partial charge in [-0.25, -0.2) is 0 Å². The first-order valence-corrected chi connectivity index (χ1v) is 5.06. The number of nitrogens with zero attached hydrogens (tertiary/aromatic N) is 2. The van der Waals surface area contributed by atoms with Crippen molar-refractivity contribution in [3.8, 4) is 6.07 Å². The molecule has 1 aliphatic rings. The topological polar surface area (TPSA) is 53.0 Å². The molecular formula is C10H19N3. The van der Waals surface area contributed by atoms with E-state index in [0.29, 0.717) is 0 Å². The molecule has 0 aromatic heterocycles. The van der Waals surface area contributed by atoms with Crippen molar-refractivity contribution in [1.29, 1.82) is 5.26 Å². The van der Waals surface area contributed by atoms with Crippen molar-refractivity contribution in [3.63, 3.8) is 0 Å². The fraction of sp³-hybridized carbons (Fsp3) is 0.900. The van der Waals surface area contributed by atoms with Crippen LogP contribution in [0.25, 0.3) is 0 Å². The normalized spacial score (nSPS) is 19.5. The molecule has 74 valence electrons. The molecule has 1 saturated carbocycles. The standard InChI is InChI=1S/C10H19N3/c1-13(6-5-10(12)7-11)8-9-3-2-4-9/h9-10H,2-6,8,12H2,1H3. The van der Waals surface area contributed by atoms with Crippen LogP contribution < -0.4 is 5.73 Å². The minimum Gasteiger partial charge on any atom is -0.316 e. The zero-order chi connectivity index (χ0) is 9.68. The Kier molecular flexibility index (Phi) is 4.20. The summed E-state index contributed by atoms with van der Waals surface area (Å²) in [5.74, 6) is 0.906. The highest BCUT2D eigenvalue weighted by Gasteiger charge is 2.18. The van der Waals surface area contributed by atoms with E-state index in [0.717, 1.165) is 18.9 Å². The van der Waals surface area contributed by atoms with E-state index in [1.807, 2.05) is 0 Å². The lowest BCUT2D eigenvalue weighted by Gasteiger charge is -2.30. The summed E-state index contributed by atoms with van der Waals surface area (Å²) in [4.78, 5) is 2.29. The van der Waals surface area contributed by atoms with E-state index in [1.165, 1.54) is 25.8 Å². The van der Waals surface area contributed by atoms with Gasteiger partial charge in [0, 0.05) is 13.1 Å². The number of rotatable bonds is 5. The highest BCUT2D eigenvalue weighted by Crippen LogP contribution is 2.26. The van der Waals surface area contributed by atoms with Crippen molar-refractivity contribution >= 4 is 0 Å². The molecule has 1 rings (SSSR count). The van der Waals surface area contributed by atoms with Gasteiger partial charge in [-0.15, -0.1) is 0 Å². The van der Waals surface area contributed by atoms with Gasteiger partial charge in [-0.3, -0.25) is 0 Å². The van der Waals surface area contributed by atoms with Crippen LogP contribution in [-0.4, -0.2) is 31.1 Å². The van der Waals surface area contributed by atoms with Gasteiger partial charge < -0.3 is 10.6 Å². The SMILES string of the molecule is CN(CCC(N)C#N)CC1CCC1. The molecule has 0 bridgehead atoms. The van der Waals surface area contributed by atoms with Gasteiger partial charge in [0.25, 0.3) is 0 Å². The highest BCUT2D eigenvalue weighted by atomic mass is 15.1. The molecule has 0 heterocycles. The van der Waals surface area contributed by atoms with Gasteiger partial charge in [0.1, 0.15) is 0 Å². The molecule has 0 spiro atoms. The summed E-state index contributed by atoms with van der Waals surface area (Å²) in [6.45, 7) is 2.13. The number of hydrogen-bond donors (Lipinski definition) is 1. The molecule has 0 aliphatic heterocycles. The summed E-state index contributed by atoms with van der Waals surface area (Å²) in [6.07, 6.45) is 4.96. The minimum atomic E-state index is -0.288. The first kappa shape index (κ1) is 10.5. The molecular weight excluding hydrogens is 162 g/mol. The van der Waals surface area contributed by atoms with E-state index < -0.39 is 0 Å². The Morgan fingerprint density at radius 3 is 2.77 bits per heavy atom. The minimum absolute atomic E-state index is 0.288. The van der Waals surface area contributed by atoms with Gasteiger partial charge in [0.05, 0.1) is 12.1 Å². The molecule has 1 unspecified atom stereocenters. The van der Waals surface area contributed by atoms with E-state index in [9.17, 15) is 0 Å². The first-order chi connectivity index (χ1) is 6.22. The molecule has 3 heteroatoms. The maximum Gasteiger partial charge on any atom is 0.0940 e. The second-order valence-corrected chi connectivity index (χ2v) is 4.08. The van der Waals surface area contributed by atoms with E-state index in [1.54, 1.807) is 0 Å². The van der Waals surface area contributed by atoms with Crippen LogP contribution in [0.1, 0.15) is 25.7 Å². The van der Waals surface area contributed by atoms with E-state index in [-0.39, 0.29) is 6.04 Å². The summed E-state index contributed by atoms with van der Waals surface area (Å²) >= 11 is 0. The fourth-order valence-electron chi connectivity index (χ4n) is 1.63. The Balaban J connectivity index is 2.03. The predicted octanol–water partition coefficient (Wildman–Crippen LogP) is 0.959. The molecule has 3 nitrogen and oxygen atoms in total. The quantitative estimate of drug-likeness (QED) is 0.687. The number of nitrogens with two attached hydrogens (primary N) is 1. The lowest BCUT2D eigenvalue weighted by atomic mass is 9.85. The summed E-state index contributed by atoms with van der Waals surface area (Å²) in [6, 6.07) is 1.76. The lowest BCUT2D eigenvalue weighted by molar-refractivity contribution is 0.203. The number of hydrogen-bond acceptors (Lipinski definition) is 3. The third-order valence-electron chi connectivity index (χ3n) is 2.78. The average molecular weight is 181 g/mol. The van der Waals surface area contributed by atoms with Gasteiger partial charge in [-0.05, 0) is 32.2 Å². The summed E-state index contributed by atoms with van der Waals surface area (Å²) in [5.41, 5.74) is 5.51.